The van der Waals surface area contributed by atoms with Crippen LogP contribution in [0.25, 0.3) is 0 Å². The molecule has 9 heteroatoms. The number of amidine groups is 1. The molecule has 0 saturated heterocycles. The van der Waals surface area contributed by atoms with Crippen molar-refractivity contribution in [3.63, 3.8) is 0 Å². The summed E-state index contributed by atoms with van der Waals surface area (Å²) in [5.74, 6) is -0.425. The van der Waals surface area contributed by atoms with E-state index in [0.29, 0.717) is 36.5 Å². The van der Waals surface area contributed by atoms with Gasteiger partial charge in [0.25, 0.3) is 10.0 Å². The fourth-order valence-electron chi connectivity index (χ4n) is 2.81. The number of hydrogen-bond acceptors (Lipinski definition) is 4. The average molecular weight is 424 g/mol. The molecule has 0 bridgehead atoms. The van der Waals surface area contributed by atoms with Crippen molar-refractivity contribution in [1.29, 1.82) is 0 Å². The van der Waals surface area contributed by atoms with E-state index in [1.165, 1.54) is 12.1 Å². The molecule has 0 saturated carbocycles. The van der Waals surface area contributed by atoms with Crippen molar-refractivity contribution < 1.29 is 17.6 Å². The third-order valence-corrected chi connectivity index (χ3v) is 5.90. The molecule has 0 aliphatic carbocycles. The minimum atomic E-state index is -3.52. The zero-order valence-corrected chi connectivity index (χ0v) is 16.5. The Morgan fingerprint density at radius 2 is 1.93 bits per heavy atom. The lowest BCUT2D eigenvalue weighted by Crippen LogP contribution is -2.22. The number of anilines is 1. The number of rotatable bonds is 7. The fraction of sp³-hybridized carbons (Fsp3) is 0.263. The largest absolute Gasteiger partial charge is 0.326 e. The van der Waals surface area contributed by atoms with Crippen LogP contribution in [0.5, 0.6) is 0 Å². The molecule has 2 aromatic rings. The predicted molar refractivity (Wildman–Crippen MR) is 107 cm³/mol. The Labute approximate surface area is 167 Å². The zero-order chi connectivity index (χ0) is 20.1. The van der Waals surface area contributed by atoms with Gasteiger partial charge in [-0.3, -0.25) is 14.5 Å². The third kappa shape index (κ3) is 4.88. The van der Waals surface area contributed by atoms with Crippen LogP contribution in [0.15, 0.2) is 52.4 Å². The Hall–Kier alpha value is -2.45. The molecule has 0 fully saturated rings. The first-order valence-corrected chi connectivity index (χ1v) is 10.6. The van der Waals surface area contributed by atoms with Crippen LogP contribution in [0.2, 0.25) is 5.02 Å². The molecule has 2 aromatic carbocycles. The molecular weight excluding hydrogens is 405 g/mol. The molecule has 1 amide bonds. The van der Waals surface area contributed by atoms with Crippen molar-refractivity contribution in [2.24, 2.45) is 4.99 Å². The van der Waals surface area contributed by atoms with E-state index in [2.05, 4.69) is 15.0 Å². The summed E-state index contributed by atoms with van der Waals surface area (Å²) < 4.78 is 39.8. The van der Waals surface area contributed by atoms with Gasteiger partial charge in [0.1, 0.15) is 11.7 Å². The number of halogens is 2. The molecule has 0 atom stereocenters. The molecular formula is C19H19ClFN3O3S. The van der Waals surface area contributed by atoms with Crippen LogP contribution in [0, 0.1) is 5.82 Å². The van der Waals surface area contributed by atoms with Crippen LogP contribution in [0.1, 0.15) is 31.2 Å². The average Bonchev–Trinajstić information content (AvgIpc) is 2.92. The molecule has 6 nitrogen and oxygen atoms in total. The Morgan fingerprint density at radius 1 is 1.14 bits per heavy atom. The molecule has 1 heterocycles. The number of sulfonamides is 1. The minimum Gasteiger partial charge on any atom is -0.326 e. The second-order valence-electron chi connectivity index (χ2n) is 6.32. The fourth-order valence-corrected chi connectivity index (χ4v) is 4.18. The number of aliphatic imine (C=N–C) groups is 1. The lowest BCUT2D eigenvalue weighted by atomic mass is 10.2. The Kier molecular flexibility index (Phi) is 6.31. The van der Waals surface area contributed by atoms with Gasteiger partial charge in [0.15, 0.2) is 0 Å². The number of hydrogen-bond donors (Lipinski definition) is 2. The lowest BCUT2D eigenvalue weighted by Gasteiger charge is -2.06. The summed E-state index contributed by atoms with van der Waals surface area (Å²) >= 11 is 5.60. The lowest BCUT2D eigenvalue weighted by molar-refractivity contribution is -0.116. The van der Waals surface area contributed by atoms with E-state index in [1.54, 1.807) is 30.3 Å². The van der Waals surface area contributed by atoms with Gasteiger partial charge in [0.05, 0.1) is 9.92 Å². The summed E-state index contributed by atoms with van der Waals surface area (Å²) in [7, 11) is -3.52. The van der Waals surface area contributed by atoms with Gasteiger partial charge in [-0.25, -0.2) is 12.8 Å². The topological polar surface area (TPSA) is 87.6 Å². The number of benzene rings is 2. The number of nitrogens with one attached hydrogen (secondary N) is 2. The SMILES string of the molecule is O=C(CCCCCN=C1NS(=O)(=O)c2ccccc21)Nc1ccc(Cl)c(F)c1. The molecule has 0 unspecified atom stereocenters. The maximum atomic E-state index is 13.4. The molecule has 1 aliphatic rings. The van der Waals surface area contributed by atoms with Crippen molar-refractivity contribution in [2.75, 3.05) is 11.9 Å². The van der Waals surface area contributed by atoms with Crippen molar-refractivity contribution in [2.45, 2.75) is 30.6 Å². The van der Waals surface area contributed by atoms with E-state index in [0.717, 1.165) is 12.8 Å². The third-order valence-electron chi connectivity index (χ3n) is 4.20. The smallest absolute Gasteiger partial charge is 0.263 e. The summed E-state index contributed by atoms with van der Waals surface area (Å²) in [6, 6.07) is 10.8. The van der Waals surface area contributed by atoms with Gasteiger partial charge in [-0.15, -0.1) is 0 Å². The van der Waals surface area contributed by atoms with Crippen molar-refractivity contribution in [1.82, 2.24) is 4.72 Å². The number of fused-ring (bicyclic) bond motifs is 1. The van der Waals surface area contributed by atoms with Gasteiger partial charge >= 0.3 is 0 Å². The van der Waals surface area contributed by atoms with E-state index in [4.69, 9.17) is 11.6 Å². The second kappa shape index (κ2) is 8.70. The van der Waals surface area contributed by atoms with E-state index in [9.17, 15) is 17.6 Å². The van der Waals surface area contributed by atoms with Gasteiger partial charge in [-0.2, -0.15) is 0 Å². The maximum absolute atomic E-state index is 13.4. The number of carbonyl (C=O) groups excluding carboxylic acids is 1. The summed E-state index contributed by atoms with van der Waals surface area (Å²) in [5, 5.41) is 2.63. The predicted octanol–water partition coefficient (Wildman–Crippen LogP) is 3.72. The Morgan fingerprint density at radius 3 is 2.71 bits per heavy atom. The van der Waals surface area contributed by atoms with Crippen LogP contribution in [-0.4, -0.2) is 26.7 Å². The maximum Gasteiger partial charge on any atom is 0.263 e. The van der Waals surface area contributed by atoms with Crippen molar-refractivity contribution in [3.8, 4) is 0 Å². The second-order valence-corrected chi connectivity index (χ2v) is 8.38. The molecule has 0 aromatic heterocycles. The van der Waals surface area contributed by atoms with Crippen LogP contribution in [0.4, 0.5) is 10.1 Å². The Balaban J connectivity index is 1.41. The highest BCUT2D eigenvalue weighted by Crippen LogP contribution is 2.22. The van der Waals surface area contributed by atoms with E-state index in [-0.39, 0.29) is 15.8 Å². The molecule has 1 aliphatic heterocycles. The van der Waals surface area contributed by atoms with Crippen LogP contribution in [0.3, 0.4) is 0 Å². The number of amides is 1. The number of carbonyl (C=O) groups is 1. The zero-order valence-electron chi connectivity index (χ0n) is 14.9. The van der Waals surface area contributed by atoms with Crippen LogP contribution in [-0.2, 0) is 14.8 Å². The summed E-state index contributed by atoms with van der Waals surface area (Å²) in [4.78, 5) is 16.5. The van der Waals surface area contributed by atoms with Gasteiger partial charge in [-0.1, -0.05) is 30.2 Å². The summed E-state index contributed by atoms with van der Waals surface area (Å²) in [6.45, 7) is 0.455. The highest BCUT2D eigenvalue weighted by atomic mass is 35.5. The Bertz CT molecular complexity index is 1020. The molecule has 0 spiro atoms. The first kappa shape index (κ1) is 20.3. The first-order chi connectivity index (χ1) is 13.4. The quantitative estimate of drug-likeness (QED) is 0.665. The molecule has 2 N–H and O–H groups in total. The van der Waals surface area contributed by atoms with Crippen molar-refractivity contribution >= 4 is 39.1 Å². The standard InChI is InChI=1S/C19H19ClFN3O3S/c20-15-10-9-13(12-16(15)21)23-18(25)8-2-1-5-11-22-19-14-6-3-4-7-17(14)28(26,27)24-19/h3-4,6-7,9-10,12H,1-2,5,8,11H2,(H,22,24)(H,23,25). The van der Waals surface area contributed by atoms with E-state index >= 15 is 0 Å². The van der Waals surface area contributed by atoms with Gasteiger partial charge in [0, 0.05) is 24.2 Å². The molecule has 28 heavy (non-hydrogen) atoms. The highest BCUT2D eigenvalue weighted by molar-refractivity contribution is 7.90. The summed E-state index contributed by atoms with van der Waals surface area (Å²) in [6.07, 6.45) is 2.43. The van der Waals surface area contributed by atoms with Gasteiger partial charge in [-0.05, 0) is 43.2 Å². The van der Waals surface area contributed by atoms with E-state index < -0.39 is 15.8 Å². The number of nitrogens with zero attached hydrogens (tertiary/aromatic N) is 1. The van der Waals surface area contributed by atoms with Crippen LogP contribution >= 0.6 is 11.6 Å². The minimum absolute atomic E-state index is 0.00629. The van der Waals surface area contributed by atoms with Gasteiger partial charge in [0.2, 0.25) is 5.91 Å². The number of unbranched alkanes of at least 4 members (excludes halogenated alkanes) is 2. The molecule has 0 radical (unpaired) electrons. The molecule has 148 valence electrons. The molecule has 3 rings (SSSR count). The normalized spacial score (nSPS) is 15.9. The van der Waals surface area contributed by atoms with E-state index in [1.807, 2.05) is 0 Å². The first-order valence-electron chi connectivity index (χ1n) is 8.78. The summed E-state index contributed by atoms with van der Waals surface area (Å²) in [5.41, 5.74) is 0.947. The van der Waals surface area contributed by atoms with Gasteiger partial charge < -0.3 is 5.32 Å². The monoisotopic (exact) mass is 423 g/mol. The van der Waals surface area contributed by atoms with Crippen LogP contribution < -0.4 is 10.0 Å². The highest BCUT2D eigenvalue weighted by Gasteiger charge is 2.29. The van der Waals surface area contributed by atoms with Crippen molar-refractivity contribution in [3.05, 3.63) is 58.9 Å².